The Balaban J connectivity index is 1.54. The monoisotopic (exact) mass is 395 g/mol. The number of Topliss-reactive ketones (excluding diaryl/α,β-unsaturated/α-hetero) is 2. The molecule has 6 heteroatoms. The molecule has 2 aromatic heterocycles. The fourth-order valence-electron chi connectivity index (χ4n) is 4.05. The van der Waals surface area contributed by atoms with Gasteiger partial charge in [-0.25, -0.2) is 4.39 Å². The van der Waals surface area contributed by atoms with Crippen LogP contribution in [0.2, 0.25) is 0 Å². The van der Waals surface area contributed by atoms with Crippen molar-refractivity contribution in [3.63, 3.8) is 0 Å². The minimum atomic E-state index is -0.404. The van der Waals surface area contributed by atoms with Crippen LogP contribution >= 0.6 is 0 Å². The minimum absolute atomic E-state index is 0.147. The van der Waals surface area contributed by atoms with Gasteiger partial charge in [0.25, 0.3) is 0 Å². The van der Waals surface area contributed by atoms with E-state index in [0.29, 0.717) is 17.7 Å². The molecule has 3 aromatic rings. The van der Waals surface area contributed by atoms with Crippen LogP contribution in [0.15, 0.2) is 41.0 Å². The molecule has 5 nitrogen and oxygen atoms in total. The van der Waals surface area contributed by atoms with Crippen LogP contribution in [0.25, 0.3) is 0 Å². The van der Waals surface area contributed by atoms with E-state index < -0.39 is 5.82 Å². The lowest BCUT2D eigenvalue weighted by molar-refractivity contribution is 0.0911. The Morgan fingerprint density at radius 2 is 2.10 bits per heavy atom. The van der Waals surface area contributed by atoms with E-state index in [1.807, 2.05) is 43.5 Å². The van der Waals surface area contributed by atoms with Gasteiger partial charge >= 0.3 is 0 Å². The van der Waals surface area contributed by atoms with Crippen molar-refractivity contribution in [3.05, 3.63) is 76.3 Å². The van der Waals surface area contributed by atoms with E-state index in [-0.39, 0.29) is 41.8 Å². The van der Waals surface area contributed by atoms with E-state index in [9.17, 15) is 14.0 Å². The third-order valence-corrected chi connectivity index (χ3v) is 5.54. The standard InChI is InChI=1S/C23H22FNO4/c1-13-9-19(26)23-21(7-6-18(24)22(13)23)29-12-20(27)17-10-14(2)25(15(17)3)11-16-5-4-8-28-16/h4-8,10,13H,9,11-12H2,1-3H3. The van der Waals surface area contributed by atoms with Crippen molar-refractivity contribution in [3.8, 4) is 5.75 Å². The van der Waals surface area contributed by atoms with Crippen molar-refractivity contribution in [2.75, 3.05) is 6.61 Å². The highest BCUT2D eigenvalue weighted by atomic mass is 19.1. The third-order valence-electron chi connectivity index (χ3n) is 5.54. The van der Waals surface area contributed by atoms with Crippen molar-refractivity contribution in [2.45, 2.75) is 39.7 Å². The summed E-state index contributed by atoms with van der Waals surface area (Å²) in [6, 6.07) is 8.26. The molecule has 0 N–H and O–H groups in total. The molecule has 29 heavy (non-hydrogen) atoms. The Kier molecular flexibility index (Phi) is 4.86. The fraction of sp³-hybridized carbons (Fsp3) is 0.304. The second-order valence-corrected chi connectivity index (χ2v) is 7.52. The highest BCUT2D eigenvalue weighted by molar-refractivity contribution is 6.04. The van der Waals surface area contributed by atoms with Gasteiger partial charge in [0.1, 0.15) is 17.3 Å². The number of aromatic nitrogens is 1. The Morgan fingerprint density at radius 1 is 1.31 bits per heavy atom. The third kappa shape index (κ3) is 3.39. The van der Waals surface area contributed by atoms with Gasteiger partial charge in [0, 0.05) is 28.9 Å². The summed E-state index contributed by atoms with van der Waals surface area (Å²) in [6.45, 7) is 5.95. The second-order valence-electron chi connectivity index (χ2n) is 7.52. The summed E-state index contributed by atoms with van der Waals surface area (Å²) >= 11 is 0. The number of benzene rings is 1. The van der Waals surface area contributed by atoms with Gasteiger partial charge < -0.3 is 13.7 Å². The normalized spacial score (nSPS) is 15.6. The number of hydrogen-bond donors (Lipinski definition) is 0. The summed E-state index contributed by atoms with van der Waals surface area (Å²) in [7, 11) is 0. The lowest BCUT2D eigenvalue weighted by Crippen LogP contribution is -2.14. The first-order chi connectivity index (χ1) is 13.9. The van der Waals surface area contributed by atoms with E-state index in [0.717, 1.165) is 17.1 Å². The Bertz CT molecular complexity index is 1090. The van der Waals surface area contributed by atoms with E-state index in [2.05, 4.69) is 0 Å². The van der Waals surface area contributed by atoms with Gasteiger partial charge in [-0.15, -0.1) is 0 Å². The Hall–Kier alpha value is -3.15. The first kappa shape index (κ1) is 19.2. The average molecular weight is 395 g/mol. The van der Waals surface area contributed by atoms with Crippen LogP contribution in [0.5, 0.6) is 5.75 Å². The van der Waals surface area contributed by atoms with Crippen molar-refractivity contribution >= 4 is 11.6 Å². The quantitative estimate of drug-likeness (QED) is 0.561. The average Bonchev–Trinajstić information content (AvgIpc) is 3.37. The molecule has 0 aliphatic heterocycles. The number of halogens is 1. The highest BCUT2D eigenvalue weighted by Gasteiger charge is 2.32. The van der Waals surface area contributed by atoms with Crippen LogP contribution < -0.4 is 4.74 Å². The van der Waals surface area contributed by atoms with E-state index in [4.69, 9.17) is 9.15 Å². The number of furan rings is 1. The van der Waals surface area contributed by atoms with Gasteiger partial charge in [0.15, 0.2) is 12.4 Å². The summed E-state index contributed by atoms with van der Waals surface area (Å²) in [5.74, 6) is 0.146. The molecule has 1 aliphatic rings. The molecule has 0 fully saturated rings. The van der Waals surface area contributed by atoms with E-state index in [1.54, 1.807) is 6.26 Å². The van der Waals surface area contributed by atoms with Crippen LogP contribution in [0.1, 0.15) is 62.7 Å². The van der Waals surface area contributed by atoms with Gasteiger partial charge in [-0.3, -0.25) is 9.59 Å². The lowest BCUT2D eigenvalue weighted by atomic mass is 10.0. The minimum Gasteiger partial charge on any atom is -0.485 e. The molecule has 0 saturated carbocycles. The van der Waals surface area contributed by atoms with E-state index in [1.165, 1.54) is 12.1 Å². The molecule has 1 atom stereocenters. The maximum atomic E-state index is 14.1. The molecule has 0 saturated heterocycles. The molecule has 2 heterocycles. The lowest BCUT2D eigenvalue weighted by Gasteiger charge is -2.12. The largest absolute Gasteiger partial charge is 0.485 e. The smallest absolute Gasteiger partial charge is 0.202 e. The predicted molar refractivity (Wildman–Crippen MR) is 105 cm³/mol. The molecule has 0 amide bonds. The van der Waals surface area contributed by atoms with E-state index >= 15 is 0 Å². The van der Waals surface area contributed by atoms with Gasteiger partial charge in [-0.05, 0) is 50.1 Å². The number of carbonyl (C=O) groups is 2. The van der Waals surface area contributed by atoms with Crippen molar-refractivity contribution in [2.24, 2.45) is 0 Å². The fourth-order valence-corrected chi connectivity index (χ4v) is 4.05. The maximum Gasteiger partial charge on any atom is 0.202 e. The zero-order chi connectivity index (χ0) is 20.7. The summed E-state index contributed by atoms with van der Waals surface area (Å²) in [5, 5.41) is 0. The van der Waals surface area contributed by atoms with Gasteiger partial charge in [0.2, 0.25) is 5.78 Å². The molecule has 0 radical (unpaired) electrons. The zero-order valence-electron chi connectivity index (χ0n) is 16.6. The molecule has 4 rings (SSSR count). The Morgan fingerprint density at radius 3 is 2.83 bits per heavy atom. The summed E-state index contributed by atoms with van der Waals surface area (Å²) in [5.41, 5.74) is 2.98. The summed E-state index contributed by atoms with van der Waals surface area (Å²) < 4.78 is 27.2. The number of ether oxygens (including phenoxy) is 1. The number of carbonyl (C=O) groups excluding carboxylic acids is 2. The molecule has 150 valence electrons. The molecule has 0 spiro atoms. The molecule has 1 unspecified atom stereocenters. The van der Waals surface area contributed by atoms with Crippen LogP contribution in [-0.2, 0) is 6.54 Å². The number of fused-ring (bicyclic) bond motifs is 1. The number of aryl methyl sites for hydroxylation is 1. The number of nitrogens with zero attached hydrogens (tertiary/aromatic N) is 1. The highest BCUT2D eigenvalue weighted by Crippen LogP contribution is 2.39. The molecule has 0 bridgehead atoms. The topological polar surface area (TPSA) is 61.4 Å². The second kappa shape index (κ2) is 7.35. The molecular formula is C23H22FNO4. The number of ketones is 2. The SMILES string of the molecule is Cc1cc(C(=O)COc2ccc(F)c3c2C(=O)CC3C)c(C)n1Cc1ccco1. The van der Waals surface area contributed by atoms with Gasteiger partial charge in [-0.1, -0.05) is 6.92 Å². The Labute approximate surface area is 168 Å². The first-order valence-corrected chi connectivity index (χ1v) is 9.57. The van der Waals surface area contributed by atoms with Crippen LogP contribution in [0.4, 0.5) is 4.39 Å². The number of hydrogen-bond acceptors (Lipinski definition) is 4. The molecular weight excluding hydrogens is 373 g/mol. The van der Waals surface area contributed by atoms with Crippen LogP contribution in [0.3, 0.4) is 0 Å². The van der Waals surface area contributed by atoms with Crippen LogP contribution in [0, 0.1) is 19.7 Å². The summed E-state index contributed by atoms with van der Waals surface area (Å²) in [6.07, 6.45) is 1.88. The molecule has 1 aliphatic carbocycles. The predicted octanol–water partition coefficient (Wildman–Crippen LogP) is 4.84. The molecule has 1 aromatic carbocycles. The first-order valence-electron chi connectivity index (χ1n) is 9.57. The number of rotatable bonds is 6. The van der Waals surface area contributed by atoms with Gasteiger partial charge in [-0.2, -0.15) is 0 Å². The van der Waals surface area contributed by atoms with Crippen LogP contribution in [-0.4, -0.2) is 22.7 Å². The summed E-state index contributed by atoms with van der Waals surface area (Å²) in [4.78, 5) is 25.1. The van der Waals surface area contributed by atoms with Crippen molar-refractivity contribution < 1.29 is 23.1 Å². The van der Waals surface area contributed by atoms with Crippen molar-refractivity contribution in [1.82, 2.24) is 4.57 Å². The van der Waals surface area contributed by atoms with Gasteiger partial charge in [0.05, 0.1) is 18.4 Å². The van der Waals surface area contributed by atoms with Crippen molar-refractivity contribution in [1.29, 1.82) is 0 Å². The zero-order valence-corrected chi connectivity index (χ0v) is 16.6. The maximum absolute atomic E-state index is 14.1.